The number of nitrogens with zero attached hydrogens (tertiary/aromatic N) is 4. The Bertz CT molecular complexity index is 1540. The Balaban J connectivity index is 1.22. The lowest BCUT2D eigenvalue weighted by atomic mass is 10.2. The van der Waals surface area contributed by atoms with Crippen LogP contribution in [0.25, 0.3) is 22.1 Å². The molecule has 1 N–H and O–H groups in total. The van der Waals surface area contributed by atoms with Gasteiger partial charge < -0.3 is 19.4 Å². The Morgan fingerprint density at radius 2 is 1.74 bits per heavy atom. The summed E-state index contributed by atoms with van der Waals surface area (Å²) in [6.07, 6.45) is 0. The molecule has 0 saturated carbocycles. The van der Waals surface area contributed by atoms with Gasteiger partial charge in [0, 0.05) is 23.7 Å². The number of anilines is 1. The van der Waals surface area contributed by atoms with Gasteiger partial charge in [0.25, 0.3) is 0 Å². The first-order valence-corrected chi connectivity index (χ1v) is 12.2. The SMILES string of the molecule is O=C(CSc1nnc2c3ccccc3n(Cc3ccccc3)c2n1)Nc1ccc2c(c1)OCCO2. The zero-order valence-corrected chi connectivity index (χ0v) is 19.5. The van der Waals surface area contributed by atoms with Gasteiger partial charge in [-0.15, -0.1) is 10.2 Å². The minimum Gasteiger partial charge on any atom is -0.486 e. The quantitative estimate of drug-likeness (QED) is 0.355. The zero-order valence-electron chi connectivity index (χ0n) is 18.7. The fourth-order valence-corrected chi connectivity index (χ4v) is 4.71. The first-order chi connectivity index (χ1) is 17.2. The van der Waals surface area contributed by atoms with Gasteiger partial charge in [0.05, 0.1) is 11.3 Å². The van der Waals surface area contributed by atoms with Crippen molar-refractivity contribution >= 4 is 45.4 Å². The minimum atomic E-state index is -0.166. The zero-order chi connectivity index (χ0) is 23.6. The van der Waals surface area contributed by atoms with Gasteiger partial charge in [-0.2, -0.15) is 0 Å². The van der Waals surface area contributed by atoms with E-state index >= 15 is 0 Å². The van der Waals surface area contributed by atoms with Gasteiger partial charge in [-0.3, -0.25) is 4.79 Å². The van der Waals surface area contributed by atoms with Crippen molar-refractivity contribution in [1.82, 2.24) is 19.7 Å². The van der Waals surface area contributed by atoms with Crippen molar-refractivity contribution in [3.05, 3.63) is 78.4 Å². The Labute approximate surface area is 205 Å². The molecular weight excluding hydrogens is 462 g/mol. The highest BCUT2D eigenvalue weighted by molar-refractivity contribution is 7.99. The second-order valence-corrected chi connectivity index (χ2v) is 8.99. The molecule has 35 heavy (non-hydrogen) atoms. The Hall–Kier alpha value is -4.11. The van der Waals surface area contributed by atoms with Crippen LogP contribution >= 0.6 is 11.8 Å². The molecule has 9 heteroatoms. The van der Waals surface area contributed by atoms with Crippen LogP contribution in [0.15, 0.2) is 78.0 Å². The molecule has 0 unspecified atom stereocenters. The van der Waals surface area contributed by atoms with Gasteiger partial charge >= 0.3 is 0 Å². The summed E-state index contributed by atoms with van der Waals surface area (Å²) in [5.41, 5.74) is 4.37. The standard InChI is InChI=1S/C26H21N5O3S/c32-23(27-18-10-11-21-22(14-18)34-13-12-33-21)16-35-26-28-25-24(29-30-26)19-8-4-5-9-20(19)31(25)15-17-6-2-1-3-7-17/h1-11,14H,12-13,15-16H2,(H,27,32). The van der Waals surface area contributed by atoms with Crippen LogP contribution in [0.3, 0.4) is 0 Å². The number of aromatic nitrogens is 4. The largest absolute Gasteiger partial charge is 0.486 e. The highest BCUT2D eigenvalue weighted by Gasteiger charge is 2.17. The molecule has 5 aromatic rings. The summed E-state index contributed by atoms with van der Waals surface area (Å²) in [7, 11) is 0. The average Bonchev–Trinajstić information content (AvgIpc) is 3.21. The molecule has 0 aliphatic carbocycles. The van der Waals surface area contributed by atoms with Gasteiger partial charge in [0.15, 0.2) is 17.1 Å². The van der Waals surface area contributed by atoms with Crippen LogP contribution in [0.5, 0.6) is 11.5 Å². The molecule has 1 amide bonds. The average molecular weight is 484 g/mol. The third-order valence-electron chi connectivity index (χ3n) is 5.70. The molecule has 3 heterocycles. The molecule has 0 spiro atoms. The molecule has 6 rings (SSSR count). The smallest absolute Gasteiger partial charge is 0.234 e. The monoisotopic (exact) mass is 483 g/mol. The highest BCUT2D eigenvalue weighted by Crippen LogP contribution is 2.33. The Morgan fingerprint density at radius 3 is 2.63 bits per heavy atom. The van der Waals surface area contributed by atoms with Crippen molar-refractivity contribution in [3.8, 4) is 11.5 Å². The van der Waals surface area contributed by atoms with Crippen molar-refractivity contribution < 1.29 is 14.3 Å². The lowest BCUT2D eigenvalue weighted by Gasteiger charge is -2.18. The lowest BCUT2D eigenvalue weighted by Crippen LogP contribution is -2.17. The third-order valence-corrected chi connectivity index (χ3v) is 6.53. The first kappa shape index (κ1) is 21.4. The number of hydrogen-bond donors (Lipinski definition) is 1. The van der Waals surface area contributed by atoms with Crippen LogP contribution in [-0.2, 0) is 11.3 Å². The van der Waals surface area contributed by atoms with Crippen molar-refractivity contribution in [3.63, 3.8) is 0 Å². The Morgan fingerprint density at radius 1 is 0.943 bits per heavy atom. The number of para-hydroxylation sites is 1. The van der Waals surface area contributed by atoms with Gasteiger partial charge in [0.2, 0.25) is 11.1 Å². The van der Waals surface area contributed by atoms with Gasteiger partial charge in [-0.05, 0) is 23.8 Å². The maximum atomic E-state index is 12.6. The number of carbonyl (C=O) groups excluding carboxylic acids is 1. The van der Waals surface area contributed by atoms with Gasteiger partial charge in [-0.1, -0.05) is 60.3 Å². The van der Waals surface area contributed by atoms with Gasteiger partial charge in [-0.25, -0.2) is 4.98 Å². The maximum absolute atomic E-state index is 12.6. The molecule has 0 bridgehead atoms. The van der Waals surface area contributed by atoms with E-state index in [1.807, 2.05) is 36.4 Å². The van der Waals surface area contributed by atoms with E-state index in [-0.39, 0.29) is 11.7 Å². The highest BCUT2D eigenvalue weighted by atomic mass is 32.2. The lowest BCUT2D eigenvalue weighted by molar-refractivity contribution is -0.113. The van der Waals surface area contributed by atoms with Crippen LogP contribution in [0.4, 0.5) is 5.69 Å². The first-order valence-electron chi connectivity index (χ1n) is 11.2. The van der Waals surface area contributed by atoms with E-state index in [2.05, 4.69) is 38.3 Å². The third kappa shape index (κ3) is 4.38. The summed E-state index contributed by atoms with van der Waals surface area (Å²) in [5.74, 6) is 1.30. The number of amides is 1. The molecule has 8 nitrogen and oxygen atoms in total. The van der Waals surface area contributed by atoms with E-state index in [4.69, 9.17) is 14.5 Å². The second-order valence-electron chi connectivity index (χ2n) is 8.05. The summed E-state index contributed by atoms with van der Waals surface area (Å²) in [6, 6.07) is 23.7. The molecular formula is C26H21N5O3S. The van der Waals surface area contributed by atoms with Gasteiger partial charge in [0.1, 0.15) is 18.7 Å². The van der Waals surface area contributed by atoms with E-state index in [0.717, 1.165) is 22.1 Å². The van der Waals surface area contributed by atoms with Crippen LogP contribution in [0.2, 0.25) is 0 Å². The molecule has 0 atom stereocenters. The number of carbonyl (C=O) groups is 1. The summed E-state index contributed by atoms with van der Waals surface area (Å²) in [4.78, 5) is 17.4. The number of nitrogens with one attached hydrogen (secondary N) is 1. The molecule has 0 radical (unpaired) electrons. The number of hydrogen-bond acceptors (Lipinski definition) is 7. The minimum absolute atomic E-state index is 0.153. The van der Waals surface area contributed by atoms with Crippen molar-refractivity contribution in [2.24, 2.45) is 0 Å². The summed E-state index contributed by atoms with van der Waals surface area (Å²) in [5, 5.41) is 13.1. The predicted octanol–water partition coefficient (Wildman–Crippen LogP) is 4.53. The van der Waals surface area contributed by atoms with E-state index in [1.54, 1.807) is 18.2 Å². The predicted molar refractivity (Wildman–Crippen MR) is 135 cm³/mol. The summed E-state index contributed by atoms with van der Waals surface area (Å²) >= 11 is 1.25. The molecule has 3 aromatic carbocycles. The van der Waals surface area contributed by atoms with E-state index in [9.17, 15) is 4.79 Å². The number of rotatable bonds is 6. The fourth-order valence-electron chi connectivity index (χ4n) is 4.12. The molecule has 0 saturated heterocycles. The van der Waals surface area contributed by atoms with Crippen molar-refractivity contribution in [1.29, 1.82) is 0 Å². The van der Waals surface area contributed by atoms with Crippen LogP contribution in [0.1, 0.15) is 5.56 Å². The van der Waals surface area contributed by atoms with Crippen molar-refractivity contribution in [2.75, 3.05) is 24.3 Å². The fraction of sp³-hybridized carbons (Fsp3) is 0.154. The van der Waals surface area contributed by atoms with Crippen LogP contribution < -0.4 is 14.8 Å². The van der Waals surface area contributed by atoms with Crippen molar-refractivity contribution in [2.45, 2.75) is 11.7 Å². The topological polar surface area (TPSA) is 91.2 Å². The number of thioether (sulfide) groups is 1. The number of ether oxygens (including phenoxy) is 2. The molecule has 174 valence electrons. The molecule has 2 aromatic heterocycles. The summed E-state index contributed by atoms with van der Waals surface area (Å²) < 4.78 is 13.3. The molecule has 0 fully saturated rings. The molecule has 1 aliphatic heterocycles. The normalized spacial score (nSPS) is 12.7. The van der Waals surface area contributed by atoms with Crippen LogP contribution in [-0.4, -0.2) is 44.6 Å². The van der Waals surface area contributed by atoms with E-state index in [0.29, 0.717) is 42.1 Å². The van der Waals surface area contributed by atoms with E-state index < -0.39 is 0 Å². The Kier molecular flexibility index (Phi) is 5.67. The number of fused-ring (bicyclic) bond motifs is 4. The van der Waals surface area contributed by atoms with E-state index in [1.165, 1.54) is 17.3 Å². The second kappa shape index (κ2) is 9.27. The molecule has 1 aliphatic rings. The maximum Gasteiger partial charge on any atom is 0.234 e. The summed E-state index contributed by atoms with van der Waals surface area (Å²) in [6.45, 7) is 1.68. The number of benzene rings is 3. The van der Waals surface area contributed by atoms with Crippen LogP contribution in [0, 0.1) is 0 Å².